The molecule has 0 radical (unpaired) electrons. The number of carboxylic acid groups (broad SMARTS) is 1. The summed E-state index contributed by atoms with van der Waals surface area (Å²) in [6, 6.07) is 12.8. The van der Waals surface area contributed by atoms with Crippen molar-refractivity contribution in [2.45, 2.75) is 18.4 Å². The number of rotatable bonds is 6. The van der Waals surface area contributed by atoms with E-state index in [-0.39, 0.29) is 24.1 Å². The van der Waals surface area contributed by atoms with E-state index in [9.17, 15) is 14.0 Å². The zero-order valence-corrected chi connectivity index (χ0v) is 16.3. The Bertz CT molecular complexity index is 1010. The third-order valence-corrected chi connectivity index (χ3v) is 5.65. The standard InChI is InChI=1S/C22H23FN4O3/c23-18-4-2-1-3-15(18)16(9-10-24)21(28)27-11-17-19(12-27)25-26-20(17)13-5-7-14(8-6-13)22(29)30/h1-8,16,20,25-26H,9-12,24H2,(H,29,30). The van der Waals surface area contributed by atoms with Gasteiger partial charge in [0.15, 0.2) is 0 Å². The largest absolute Gasteiger partial charge is 0.478 e. The summed E-state index contributed by atoms with van der Waals surface area (Å²) in [5, 5.41) is 9.08. The highest BCUT2D eigenvalue weighted by Crippen LogP contribution is 2.34. The van der Waals surface area contributed by atoms with E-state index in [1.807, 2.05) is 0 Å². The lowest BCUT2D eigenvalue weighted by Crippen LogP contribution is -2.40. The molecule has 5 N–H and O–H groups in total. The predicted octanol–water partition coefficient (Wildman–Crippen LogP) is 1.90. The summed E-state index contributed by atoms with van der Waals surface area (Å²) in [6.45, 7) is 1.10. The zero-order valence-electron chi connectivity index (χ0n) is 16.3. The highest BCUT2D eigenvalue weighted by atomic mass is 19.1. The van der Waals surface area contributed by atoms with Gasteiger partial charge in [-0.25, -0.2) is 14.6 Å². The second-order valence-corrected chi connectivity index (χ2v) is 7.48. The Hall–Kier alpha value is -3.23. The molecule has 0 aliphatic carbocycles. The van der Waals surface area contributed by atoms with Crippen LogP contribution < -0.4 is 16.6 Å². The van der Waals surface area contributed by atoms with Crippen molar-refractivity contribution in [3.8, 4) is 0 Å². The van der Waals surface area contributed by atoms with E-state index in [4.69, 9.17) is 10.8 Å². The van der Waals surface area contributed by atoms with E-state index in [2.05, 4.69) is 10.9 Å². The number of benzene rings is 2. The lowest BCUT2D eigenvalue weighted by atomic mass is 9.93. The Balaban J connectivity index is 1.52. The van der Waals surface area contributed by atoms with Crippen molar-refractivity contribution in [1.82, 2.24) is 15.8 Å². The van der Waals surface area contributed by atoms with Crippen LogP contribution in [0.5, 0.6) is 0 Å². The first-order chi connectivity index (χ1) is 14.5. The van der Waals surface area contributed by atoms with Gasteiger partial charge in [0.1, 0.15) is 5.82 Å². The molecule has 2 atom stereocenters. The lowest BCUT2D eigenvalue weighted by molar-refractivity contribution is -0.131. The van der Waals surface area contributed by atoms with Crippen molar-refractivity contribution in [1.29, 1.82) is 0 Å². The summed E-state index contributed by atoms with van der Waals surface area (Å²) in [5.74, 6) is -2.16. The number of carbonyl (C=O) groups excluding carboxylic acids is 1. The molecule has 0 saturated carbocycles. The molecule has 0 bridgehead atoms. The summed E-state index contributed by atoms with van der Waals surface area (Å²) in [5.41, 5.74) is 15.5. The van der Waals surface area contributed by atoms with Crippen LogP contribution in [0.1, 0.15) is 39.9 Å². The lowest BCUT2D eigenvalue weighted by Gasteiger charge is -2.26. The summed E-state index contributed by atoms with van der Waals surface area (Å²) in [6.07, 6.45) is 0.368. The number of hydrogen-bond acceptors (Lipinski definition) is 5. The number of hydrazine groups is 1. The molecule has 2 aliphatic rings. The second kappa shape index (κ2) is 8.25. The topological polar surface area (TPSA) is 108 Å². The monoisotopic (exact) mass is 410 g/mol. The SMILES string of the molecule is NCCC(C(=O)N1CC2=C(C1)C(c1ccc(C(=O)O)cc1)NN2)c1ccccc1F. The van der Waals surface area contributed by atoms with Crippen molar-refractivity contribution < 1.29 is 19.1 Å². The Labute approximate surface area is 173 Å². The Morgan fingerprint density at radius 2 is 1.90 bits per heavy atom. The molecule has 0 aromatic heterocycles. The van der Waals surface area contributed by atoms with Crippen LogP contribution in [0.4, 0.5) is 4.39 Å². The number of aromatic carboxylic acids is 1. The minimum Gasteiger partial charge on any atom is -0.478 e. The van der Waals surface area contributed by atoms with E-state index in [1.165, 1.54) is 6.07 Å². The minimum absolute atomic E-state index is 0.151. The average molecular weight is 410 g/mol. The van der Waals surface area contributed by atoms with Gasteiger partial charge in [0.25, 0.3) is 0 Å². The molecular formula is C22H23FN4O3. The maximum absolute atomic E-state index is 14.3. The average Bonchev–Trinajstić information content (AvgIpc) is 3.33. The van der Waals surface area contributed by atoms with Gasteiger partial charge in [-0.15, -0.1) is 0 Å². The first-order valence-electron chi connectivity index (χ1n) is 9.79. The Kier molecular flexibility index (Phi) is 5.52. The predicted molar refractivity (Wildman–Crippen MR) is 109 cm³/mol. The highest BCUT2D eigenvalue weighted by molar-refractivity contribution is 5.87. The number of nitrogens with one attached hydrogen (secondary N) is 2. The molecule has 2 aromatic carbocycles. The van der Waals surface area contributed by atoms with Gasteiger partial charge in [-0.2, -0.15) is 0 Å². The number of carbonyl (C=O) groups is 2. The maximum atomic E-state index is 14.3. The second-order valence-electron chi connectivity index (χ2n) is 7.48. The summed E-state index contributed by atoms with van der Waals surface area (Å²) in [7, 11) is 0. The fourth-order valence-electron chi connectivity index (χ4n) is 4.10. The minimum atomic E-state index is -0.976. The smallest absolute Gasteiger partial charge is 0.335 e. The molecule has 0 fully saturated rings. The molecule has 8 heteroatoms. The van der Waals surface area contributed by atoms with Crippen molar-refractivity contribution in [3.05, 3.63) is 82.3 Å². The molecule has 7 nitrogen and oxygen atoms in total. The van der Waals surface area contributed by atoms with E-state index in [0.717, 1.165) is 16.8 Å². The van der Waals surface area contributed by atoms with Gasteiger partial charge in [-0.1, -0.05) is 30.3 Å². The van der Waals surface area contributed by atoms with Crippen molar-refractivity contribution in [3.63, 3.8) is 0 Å². The molecule has 2 heterocycles. The molecule has 156 valence electrons. The van der Waals surface area contributed by atoms with Crippen molar-refractivity contribution in [2.75, 3.05) is 19.6 Å². The van der Waals surface area contributed by atoms with Gasteiger partial charge in [-0.05, 0) is 42.3 Å². The van der Waals surface area contributed by atoms with Crippen LogP contribution in [-0.2, 0) is 4.79 Å². The van der Waals surface area contributed by atoms with Crippen LogP contribution in [0.15, 0.2) is 59.8 Å². The third-order valence-electron chi connectivity index (χ3n) is 5.65. The molecule has 1 amide bonds. The number of nitrogens with two attached hydrogens (primary N) is 1. The molecule has 2 aromatic rings. The quantitative estimate of drug-likeness (QED) is 0.580. The molecular weight excluding hydrogens is 387 g/mol. The summed E-state index contributed by atoms with van der Waals surface area (Å²) in [4.78, 5) is 26.0. The van der Waals surface area contributed by atoms with Crippen LogP contribution in [0, 0.1) is 5.82 Å². The normalized spacial score (nSPS) is 18.9. The maximum Gasteiger partial charge on any atom is 0.335 e. The van der Waals surface area contributed by atoms with E-state index in [0.29, 0.717) is 25.1 Å². The summed E-state index contributed by atoms with van der Waals surface area (Å²) < 4.78 is 14.3. The van der Waals surface area contributed by atoms with Gasteiger partial charge in [-0.3, -0.25) is 4.79 Å². The van der Waals surface area contributed by atoms with E-state index in [1.54, 1.807) is 47.4 Å². The zero-order chi connectivity index (χ0) is 21.3. The van der Waals surface area contributed by atoms with E-state index < -0.39 is 17.7 Å². The molecule has 2 aliphatic heterocycles. The van der Waals surface area contributed by atoms with Crippen LogP contribution in [0.25, 0.3) is 0 Å². The fourth-order valence-corrected chi connectivity index (χ4v) is 4.10. The van der Waals surface area contributed by atoms with Crippen LogP contribution >= 0.6 is 0 Å². The Morgan fingerprint density at radius 3 is 2.57 bits per heavy atom. The molecule has 30 heavy (non-hydrogen) atoms. The van der Waals surface area contributed by atoms with E-state index >= 15 is 0 Å². The van der Waals surface area contributed by atoms with Crippen LogP contribution in [0.2, 0.25) is 0 Å². The van der Waals surface area contributed by atoms with Gasteiger partial charge in [0.2, 0.25) is 5.91 Å². The summed E-state index contributed by atoms with van der Waals surface area (Å²) >= 11 is 0. The number of amides is 1. The first-order valence-corrected chi connectivity index (χ1v) is 9.79. The number of carboxylic acids is 1. The molecule has 0 saturated heterocycles. The van der Waals surface area contributed by atoms with Crippen LogP contribution in [-0.4, -0.2) is 41.5 Å². The van der Waals surface area contributed by atoms with Gasteiger partial charge in [0.05, 0.1) is 24.1 Å². The highest BCUT2D eigenvalue weighted by Gasteiger charge is 2.38. The number of nitrogens with zero attached hydrogens (tertiary/aromatic N) is 1. The van der Waals surface area contributed by atoms with Gasteiger partial charge in [0, 0.05) is 17.8 Å². The molecule has 0 spiro atoms. The van der Waals surface area contributed by atoms with Gasteiger partial charge >= 0.3 is 5.97 Å². The molecule has 4 rings (SSSR count). The van der Waals surface area contributed by atoms with Crippen molar-refractivity contribution in [2.24, 2.45) is 5.73 Å². The number of hydrogen-bond donors (Lipinski definition) is 4. The third kappa shape index (κ3) is 3.67. The van der Waals surface area contributed by atoms with Crippen molar-refractivity contribution >= 4 is 11.9 Å². The fraction of sp³-hybridized carbons (Fsp3) is 0.273. The molecule has 2 unspecified atom stereocenters. The first kappa shape index (κ1) is 20.1. The Morgan fingerprint density at radius 1 is 1.17 bits per heavy atom. The number of halogens is 1. The van der Waals surface area contributed by atoms with Crippen LogP contribution in [0.3, 0.4) is 0 Å². The van der Waals surface area contributed by atoms with Gasteiger partial charge < -0.3 is 21.2 Å².